The minimum absolute atomic E-state index is 0.00602. The summed E-state index contributed by atoms with van der Waals surface area (Å²) in [6, 6.07) is 0. The van der Waals surface area contributed by atoms with Crippen LogP contribution in [-0.4, -0.2) is 35.3 Å². The molecule has 0 unspecified atom stereocenters. The number of ketones is 1. The van der Waals surface area contributed by atoms with Gasteiger partial charge in [-0.15, -0.1) is 0 Å². The molecule has 0 aromatic carbocycles. The van der Waals surface area contributed by atoms with Crippen molar-refractivity contribution < 1.29 is 4.79 Å². The fourth-order valence-corrected chi connectivity index (χ4v) is 1.44. The number of carbonyl (C=O) groups excluding carboxylic acids is 1. The Morgan fingerprint density at radius 2 is 1.53 bits per heavy atom. The number of carbonyl (C=O) groups is 1. The van der Waals surface area contributed by atoms with Crippen LogP contribution in [0.15, 0.2) is 25.3 Å². The van der Waals surface area contributed by atoms with Gasteiger partial charge >= 0.3 is 0 Å². The normalized spacial score (nSPS) is 12.0. The van der Waals surface area contributed by atoms with Crippen molar-refractivity contribution in [3.63, 3.8) is 0 Å². The van der Waals surface area contributed by atoms with E-state index < -0.39 is 11.6 Å². The van der Waals surface area contributed by atoms with Crippen molar-refractivity contribution in [3.05, 3.63) is 25.3 Å². The van der Waals surface area contributed by atoms with Crippen LogP contribution < -0.4 is 0 Å². The largest absolute Gasteiger partial charge is 0.294 e. The lowest BCUT2D eigenvalue weighted by Crippen LogP contribution is -2.35. The average molecular weight is 234 g/mol. The van der Waals surface area contributed by atoms with Crippen LogP contribution in [0.3, 0.4) is 0 Å². The number of aromatic nitrogens is 6. The van der Waals surface area contributed by atoms with Gasteiger partial charge in [0.2, 0.25) is 6.17 Å². The molecule has 0 bridgehead atoms. The fraction of sp³-hybridized carbons (Fsp3) is 0.500. The highest BCUT2D eigenvalue weighted by Crippen LogP contribution is 2.23. The lowest BCUT2D eigenvalue weighted by atomic mass is 9.89. The average Bonchev–Trinajstić information content (AvgIpc) is 2.88. The first kappa shape index (κ1) is 11.4. The summed E-state index contributed by atoms with van der Waals surface area (Å²) in [7, 11) is 0. The lowest BCUT2D eigenvalue weighted by molar-refractivity contribution is -0.131. The van der Waals surface area contributed by atoms with E-state index in [4.69, 9.17) is 0 Å². The third-order valence-corrected chi connectivity index (χ3v) is 2.35. The van der Waals surface area contributed by atoms with Crippen molar-refractivity contribution in [2.24, 2.45) is 5.41 Å². The smallest absolute Gasteiger partial charge is 0.205 e. The zero-order valence-corrected chi connectivity index (χ0v) is 9.98. The van der Waals surface area contributed by atoms with E-state index in [0.29, 0.717) is 0 Å². The van der Waals surface area contributed by atoms with Crippen LogP contribution in [0.25, 0.3) is 0 Å². The molecular weight excluding hydrogens is 220 g/mol. The Morgan fingerprint density at radius 1 is 1.06 bits per heavy atom. The maximum absolute atomic E-state index is 12.4. The van der Waals surface area contributed by atoms with E-state index in [1.807, 2.05) is 20.8 Å². The van der Waals surface area contributed by atoms with Crippen LogP contribution in [-0.2, 0) is 4.79 Å². The van der Waals surface area contributed by atoms with Gasteiger partial charge < -0.3 is 0 Å². The van der Waals surface area contributed by atoms with E-state index in [1.165, 1.54) is 34.7 Å². The van der Waals surface area contributed by atoms with E-state index in [-0.39, 0.29) is 5.78 Å². The number of Topliss-reactive ketones (excluding diaryl/α,β-unsaturated/α-hetero) is 1. The van der Waals surface area contributed by atoms with Gasteiger partial charge in [0.1, 0.15) is 25.3 Å². The van der Waals surface area contributed by atoms with Crippen LogP contribution in [0, 0.1) is 5.41 Å². The monoisotopic (exact) mass is 234 g/mol. The van der Waals surface area contributed by atoms with Gasteiger partial charge in [-0.1, -0.05) is 20.8 Å². The molecule has 90 valence electrons. The molecule has 0 saturated heterocycles. The van der Waals surface area contributed by atoms with E-state index in [1.54, 1.807) is 0 Å². The highest BCUT2D eigenvalue weighted by Gasteiger charge is 2.33. The summed E-state index contributed by atoms with van der Waals surface area (Å²) in [5.41, 5.74) is -0.497. The number of hydrogen-bond acceptors (Lipinski definition) is 5. The number of nitrogens with zero attached hydrogens (tertiary/aromatic N) is 6. The molecule has 0 atom stereocenters. The van der Waals surface area contributed by atoms with Crippen molar-refractivity contribution in [2.45, 2.75) is 26.9 Å². The molecule has 0 fully saturated rings. The Bertz CT molecular complexity index is 447. The van der Waals surface area contributed by atoms with Crippen molar-refractivity contribution in [2.75, 3.05) is 0 Å². The third-order valence-electron chi connectivity index (χ3n) is 2.35. The molecule has 2 aromatic heterocycles. The van der Waals surface area contributed by atoms with Gasteiger partial charge in [-0.05, 0) is 0 Å². The molecule has 17 heavy (non-hydrogen) atoms. The Labute approximate surface area is 98.5 Å². The second-order valence-corrected chi connectivity index (χ2v) is 4.74. The fourth-order valence-electron chi connectivity index (χ4n) is 1.44. The maximum Gasteiger partial charge on any atom is 0.205 e. The van der Waals surface area contributed by atoms with Gasteiger partial charge in [-0.3, -0.25) is 4.79 Å². The zero-order chi connectivity index (χ0) is 12.5. The van der Waals surface area contributed by atoms with Crippen molar-refractivity contribution >= 4 is 5.78 Å². The van der Waals surface area contributed by atoms with Gasteiger partial charge in [0.25, 0.3) is 0 Å². The molecule has 0 saturated carbocycles. The molecule has 0 N–H and O–H groups in total. The van der Waals surface area contributed by atoms with Crippen LogP contribution in [0.5, 0.6) is 0 Å². The van der Waals surface area contributed by atoms with Crippen molar-refractivity contribution in [1.29, 1.82) is 0 Å². The van der Waals surface area contributed by atoms with E-state index in [9.17, 15) is 4.79 Å². The van der Waals surface area contributed by atoms with Crippen LogP contribution >= 0.6 is 0 Å². The first-order valence-corrected chi connectivity index (χ1v) is 5.22. The predicted molar refractivity (Wildman–Crippen MR) is 58.9 cm³/mol. The summed E-state index contributed by atoms with van der Waals surface area (Å²) in [5, 5.41) is 8.01. The second-order valence-electron chi connectivity index (χ2n) is 4.74. The van der Waals surface area contributed by atoms with Crippen LogP contribution in [0.1, 0.15) is 26.9 Å². The summed E-state index contributed by atoms with van der Waals surface area (Å²) < 4.78 is 2.95. The zero-order valence-electron chi connectivity index (χ0n) is 9.98. The van der Waals surface area contributed by atoms with Gasteiger partial charge in [-0.25, -0.2) is 19.3 Å². The molecular formula is C10H14N6O. The molecule has 0 amide bonds. The van der Waals surface area contributed by atoms with Crippen LogP contribution in [0.4, 0.5) is 0 Å². The predicted octanol–water partition coefficient (Wildman–Crippen LogP) is 0.532. The first-order chi connectivity index (χ1) is 8.00. The third kappa shape index (κ3) is 2.22. The molecule has 0 aliphatic carbocycles. The summed E-state index contributed by atoms with van der Waals surface area (Å²) in [6.45, 7) is 5.57. The van der Waals surface area contributed by atoms with E-state index >= 15 is 0 Å². The highest BCUT2D eigenvalue weighted by atomic mass is 16.1. The van der Waals surface area contributed by atoms with Gasteiger partial charge in [0.05, 0.1) is 0 Å². The van der Waals surface area contributed by atoms with Crippen molar-refractivity contribution in [3.8, 4) is 0 Å². The summed E-state index contributed by atoms with van der Waals surface area (Å²) in [4.78, 5) is 20.1. The Morgan fingerprint density at radius 3 is 1.82 bits per heavy atom. The quantitative estimate of drug-likeness (QED) is 0.774. The van der Waals surface area contributed by atoms with Crippen molar-refractivity contribution in [1.82, 2.24) is 29.5 Å². The lowest BCUT2D eigenvalue weighted by Gasteiger charge is -2.24. The van der Waals surface area contributed by atoms with Gasteiger partial charge in [0.15, 0.2) is 5.78 Å². The molecule has 0 radical (unpaired) electrons. The molecule has 7 nitrogen and oxygen atoms in total. The summed E-state index contributed by atoms with van der Waals surface area (Å²) >= 11 is 0. The van der Waals surface area contributed by atoms with E-state index in [0.717, 1.165) is 0 Å². The standard InChI is InChI=1S/C10H14N6O/c1-10(2,3)8(17)9(15-6-11-4-13-15)16-7-12-5-14-16/h4-7,9H,1-3H3. The topological polar surface area (TPSA) is 78.5 Å². The molecule has 2 rings (SSSR count). The van der Waals surface area contributed by atoms with Gasteiger partial charge in [0, 0.05) is 5.41 Å². The highest BCUT2D eigenvalue weighted by molar-refractivity contribution is 5.87. The first-order valence-electron chi connectivity index (χ1n) is 5.22. The van der Waals surface area contributed by atoms with Gasteiger partial charge in [-0.2, -0.15) is 10.2 Å². The molecule has 0 aliphatic heterocycles. The number of hydrogen-bond donors (Lipinski definition) is 0. The summed E-state index contributed by atoms with van der Waals surface area (Å²) in [5.74, 6) is -0.00602. The summed E-state index contributed by atoms with van der Waals surface area (Å²) in [6.07, 6.45) is 5.13. The second kappa shape index (κ2) is 4.08. The number of rotatable bonds is 3. The Hall–Kier alpha value is -2.05. The maximum atomic E-state index is 12.4. The Balaban J connectivity index is 2.43. The minimum atomic E-state index is -0.639. The molecule has 7 heteroatoms. The Kier molecular flexibility index (Phi) is 2.74. The molecule has 2 aromatic rings. The molecule has 0 spiro atoms. The minimum Gasteiger partial charge on any atom is -0.294 e. The SMILES string of the molecule is CC(C)(C)C(=O)C(n1cncn1)n1cncn1. The molecule has 0 aliphatic rings. The van der Waals surface area contributed by atoms with Crippen LogP contribution in [0.2, 0.25) is 0 Å². The van der Waals surface area contributed by atoms with E-state index in [2.05, 4.69) is 20.2 Å². The molecule has 2 heterocycles.